The van der Waals surface area contributed by atoms with Crippen LogP contribution in [0.3, 0.4) is 0 Å². The highest BCUT2D eigenvalue weighted by molar-refractivity contribution is 4.53. The Morgan fingerprint density at radius 2 is 2.25 bits per heavy atom. The number of hydrogen-bond acceptors (Lipinski definition) is 3. The SMILES string of the molecule is OCCCCO[C@@H]1CCCCO1. The maximum absolute atomic E-state index is 8.52. The zero-order valence-electron chi connectivity index (χ0n) is 7.50. The van der Waals surface area contributed by atoms with Gasteiger partial charge >= 0.3 is 0 Å². The zero-order chi connectivity index (χ0) is 8.65. The maximum atomic E-state index is 8.52. The van der Waals surface area contributed by atoms with Gasteiger partial charge in [-0.1, -0.05) is 0 Å². The van der Waals surface area contributed by atoms with E-state index in [2.05, 4.69) is 0 Å². The third kappa shape index (κ3) is 4.04. The van der Waals surface area contributed by atoms with E-state index in [9.17, 15) is 0 Å². The van der Waals surface area contributed by atoms with Gasteiger partial charge in [-0.25, -0.2) is 0 Å². The van der Waals surface area contributed by atoms with Crippen LogP contribution in [0.15, 0.2) is 0 Å². The van der Waals surface area contributed by atoms with Crippen molar-refractivity contribution in [2.24, 2.45) is 0 Å². The lowest BCUT2D eigenvalue weighted by Gasteiger charge is -2.22. The molecule has 0 amide bonds. The van der Waals surface area contributed by atoms with Crippen molar-refractivity contribution >= 4 is 0 Å². The van der Waals surface area contributed by atoms with Gasteiger partial charge in [0.2, 0.25) is 0 Å². The van der Waals surface area contributed by atoms with Crippen molar-refractivity contribution in [3.63, 3.8) is 0 Å². The van der Waals surface area contributed by atoms with E-state index in [-0.39, 0.29) is 12.9 Å². The van der Waals surface area contributed by atoms with E-state index >= 15 is 0 Å². The van der Waals surface area contributed by atoms with Crippen LogP contribution in [0.25, 0.3) is 0 Å². The van der Waals surface area contributed by atoms with Gasteiger partial charge in [-0.05, 0) is 32.1 Å². The molecule has 0 aromatic carbocycles. The standard InChI is InChI=1S/C9H18O3/c10-6-2-4-8-12-9-5-1-3-7-11-9/h9-10H,1-8H2/t9-/m1/s1. The van der Waals surface area contributed by atoms with Gasteiger partial charge in [-0.3, -0.25) is 0 Å². The summed E-state index contributed by atoms with van der Waals surface area (Å²) in [5, 5.41) is 8.52. The molecule has 0 aromatic heterocycles. The molecular formula is C9H18O3. The third-order valence-corrected chi connectivity index (χ3v) is 1.99. The van der Waals surface area contributed by atoms with Gasteiger partial charge in [0, 0.05) is 19.8 Å². The molecule has 0 bridgehead atoms. The molecule has 1 heterocycles. The van der Waals surface area contributed by atoms with Crippen molar-refractivity contribution in [3.8, 4) is 0 Å². The third-order valence-electron chi connectivity index (χ3n) is 1.99. The van der Waals surface area contributed by atoms with Crippen LogP contribution in [0.4, 0.5) is 0 Å². The molecule has 72 valence electrons. The molecule has 0 spiro atoms. The Kier molecular flexibility index (Phi) is 5.32. The molecule has 1 fully saturated rings. The predicted molar refractivity (Wildman–Crippen MR) is 45.9 cm³/mol. The van der Waals surface area contributed by atoms with Gasteiger partial charge in [0.15, 0.2) is 6.29 Å². The summed E-state index contributed by atoms with van der Waals surface area (Å²) in [6.45, 7) is 1.81. The van der Waals surface area contributed by atoms with E-state index in [1.54, 1.807) is 0 Å². The van der Waals surface area contributed by atoms with Crippen LogP contribution < -0.4 is 0 Å². The summed E-state index contributed by atoms with van der Waals surface area (Å²) in [5.74, 6) is 0. The maximum Gasteiger partial charge on any atom is 0.157 e. The fourth-order valence-corrected chi connectivity index (χ4v) is 1.27. The van der Waals surface area contributed by atoms with Crippen molar-refractivity contribution in [2.45, 2.75) is 38.4 Å². The molecule has 0 aromatic rings. The summed E-state index contributed by atoms with van der Waals surface area (Å²) in [6.07, 6.45) is 5.18. The fraction of sp³-hybridized carbons (Fsp3) is 1.00. The Labute approximate surface area is 73.7 Å². The Morgan fingerprint density at radius 3 is 2.92 bits per heavy atom. The first-order valence-corrected chi connectivity index (χ1v) is 4.77. The number of aliphatic hydroxyl groups excluding tert-OH is 1. The molecule has 0 aliphatic carbocycles. The van der Waals surface area contributed by atoms with Crippen molar-refractivity contribution in [1.29, 1.82) is 0 Å². The first kappa shape index (κ1) is 9.96. The molecule has 1 aliphatic heterocycles. The second-order valence-electron chi connectivity index (χ2n) is 3.10. The lowest BCUT2D eigenvalue weighted by Crippen LogP contribution is -2.22. The number of aliphatic hydroxyl groups is 1. The molecule has 3 heteroatoms. The highest BCUT2D eigenvalue weighted by Gasteiger charge is 2.12. The lowest BCUT2D eigenvalue weighted by atomic mass is 10.2. The summed E-state index contributed by atoms with van der Waals surface area (Å²) in [4.78, 5) is 0. The monoisotopic (exact) mass is 174 g/mol. The second-order valence-corrected chi connectivity index (χ2v) is 3.10. The minimum absolute atomic E-state index is 0.0254. The molecule has 12 heavy (non-hydrogen) atoms. The van der Waals surface area contributed by atoms with Gasteiger partial charge in [0.1, 0.15) is 0 Å². The second kappa shape index (κ2) is 6.40. The van der Waals surface area contributed by atoms with Crippen LogP contribution in [-0.2, 0) is 9.47 Å². The molecular weight excluding hydrogens is 156 g/mol. The Hall–Kier alpha value is -0.120. The quantitative estimate of drug-likeness (QED) is 0.638. The van der Waals surface area contributed by atoms with E-state index in [4.69, 9.17) is 14.6 Å². The Bertz CT molecular complexity index is 99.9. The molecule has 1 N–H and O–H groups in total. The molecule has 1 atom stereocenters. The average molecular weight is 174 g/mol. The van der Waals surface area contributed by atoms with E-state index in [1.165, 1.54) is 6.42 Å². The largest absolute Gasteiger partial charge is 0.396 e. The summed E-state index contributed by atoms with van der Waals surface area (Å²) in [6, 6.07) is 0. The first-order valence-electron chi connectivity index (χ1n) is 4.77. The number of ether oxygens (including phenoxy) is 2. The first-order chi connectivity index (χ1) is 5.93. The molecule has 0 saturated carbocycles. The highest BCUT2D eigenvalue weighted by Crippen LogP contribution is 2.13. The zero-order valence-corrected chi connectivity index (χ0v) is 7.50. The average Bonchev–Trinajstić information content (AvgIpc) is 2.14. The Morgan fingerprint density at radius 1 is 1.33 bits per heavy atom. The highest BCUT2D eigenvalue weighted by atomic mass is 16.7. The van der Waals surface area contributed by atoms with Gasteiger partial charge < -0.3 is 14.6 Å². The molecule has 1 rings (SSSR count). The van der Waals surface area contributed by atoms with Crippen LogP contribution in [0.2, 0.25) is 0 Å². The molecule has 0 radical (unpaired) electrons. The van der Waals surface area contributed by atoms with E-state index in [0.717, 1.165) is 32.3 Å². The van der Waals surface area contributed by atoms with Crippen molar-refractivity contribution in [2.75, 3.05) is 19.8 Å². The summed E-state index contributed by atoms with van der Waals surface area (Å²) >= 11 is 0. The minimum Gasteiger partial charge on any atom is -0.396 e. The van der Waals surface area contributed by atoms with Crippen LogP contribution in [0.1, 0.15) is 32.1 Å². The summed E-state index contributed by atoms with van der Waals surface area (Å²) < 4.78 is 10.8. The molecule has 1 aliphatic rings. The van der Waals surface area contributed by atoms with Crippen LogP contribution in [-0.4, -0.2) is 31.2 Å². The number of unbranched alkanes of at least 4 members (excludes halogenated alkanes) is 1. The van der Waals surface area contributed by atoms with Crippen LogP contribution >= 0.6 is 0 Å². The van der Waals surface area contributed by atoms with Crippen LogP contribution in [0, 0.1) is 0 Å². The number of hydrogen-bond donors (Lipinski definition) is 1. The van der Waals surface area contributed by atoms with Gasteiger partial charge in [-0.2, -0.15) is 0 Å². The lowest BCUT2D eigenvalue weighted by molar-refractivity contribution is -0.163. The van der Waals surface area contributed by atoms with Crippen molar-refractivity contribution in [1.82, 2.24) is 0 Å². The molecule has 1 saturated heterocycles. The van der Waals surface area contributed by atoms with Gasteiger partial charge in [-0.15, -0.1) is 0 Å². The molecule has 3 nitrogen and oxygen atoms in total. The number of rotatable bonds is 5. The van der Waals surface area contributed by atoms with E-state index in [1.807, 2.05) is 0 Å². The van der Waals surface area contributed by atoms with E-state index in [0.29, 0.717) is 6.61 Å². The van der Waals surface area contributed by atoms with Gasteiger partial charge in [0.25, 0.3) is 0 Å². The van der Waals surface area contributed by atoms with Crippen molar-refractivity contribution < 1.29 is 14.6 Å². The molecule has 0 unspecified atom stereocenters. The topological polar surface area (TPSA) is 38.7 Å². The van der Waals surface area contributed by atoms with Gasteiger partial charge in [0.05, 0.1) is 0 Å². The summed E-state index contributed by atoms with van der Waals surface area (Å²) in [5.41, 5.74) is 0. The smallest absolute Gasteiger partial charge is 0.157 e. The van der Waals surface area contributed by atoms with Crippen molar-refractivity contribution in [3.05, 3.63) is 0 Å². The minimum atomic E-state index is 0.0254. The fourth-order valence-electron chi connectivity index (χ4n) is 1.27. The van der Waals surface area contributed by atoms with E-state index < -0.39 is 0 Å². The van der Waals surface area contributed by atoms with Crippen LogP contribution in [0.5, 0.6) is 0 Å². The summed E-state index contributed by atoms with van der Waals surface area (Å²) in [7, 11) is 0. The normalized spacial score (nSPS) is 24.2. The Balaban J connectivity index is 1.91. The predicted octanol–water partition coefficient (Wildman–Crippen LogP) is 1.30.